The fourth-order valence-electron chi connectivity index (χ4n) is 4.11. The Labute approximate surface area is 199 Å². The van der Waals surface area contributed by atoms with Gasteiger partial charge in [-0.05, 0) is 31.5 Å². The molecule has 0 radical (unpaired) electrons. The fourth-order valence-corrected chi connectivity index (χ4v) is 5.06. The standard InChI is InChI=1S/C24H26F3N3O3S/c1-13(2)33-21(31)16-10-28-12-23(3,4)17-18-20(34-22(29-18)24(25,26)27)30(19(16)17)11-14-6-8-15(32-5)9-7-14/h6-10,13,28H,11-12H2,1-5H3. The molecule has 0 saturated carbocycles. The molecule has 0 fully saturated rings. The molecule has 2 aromatic heterocycles. The molecule has 3 heterocycles. The average molecular weight is 494 g/mol. The van der Waals surface area contributed by atoms with Gasteiger partial charge in [-0.1, -0.05) is 37.3 Å². The highest BCUT2D eigenvalue weighted by Gasteiger charge is 2.41. The Balaban J connectivity index is 1.99. The Morgan fingerprint density at radius 3 is 2.53 bits per heavy atom. The molecule has 3 aromatic rings. The second-order valence-electron chi connectivity index (χ2n) is 9.11. The molecule has 1 aromatic carbocycles. The van der Waals surface area contributed by atoms with Crippen molar-refractivity contribution in [2.75, 3.05) is 13.7 Å². The molecule has 182 valence electrons. The Bertz CT molecular complexity index is 1250. The van der Waals surface area contributed by atoms with Gasteiger partial charge in [0.15, 0.2) is 0 Å². The number of halogens is 3. The molecule has 0 spiro atoms. The monoisotopic (exact) mass is 493 g/mol. The van der Waals surface area contributed by atoms with E-state index in [4.69, 9.17) is 9.47 Å². The van der Waals surface area contributed by atoms with E-state index in [1.54, 1.807) is 43.9 Å². The van der Waals surface area contributed by atoms with Crippen molar-refractivity contribution in [2.45, 2.75) is 51.9 Å². The number of nitrogens with zero attached hydrogens (tertiary/aromatic N) is 2. The number of alkyl halides is 3. The van der Waals surface area contributed by atoms with Gasteiger partial charge in [0.1, 0.15) is 16.1 Å². The average Bonchev–Trinajstić information content (AvgIpc) is 3.25. The normalized spacial score (nSPS) is 15.5. The number of carbonyl (C=O) groups is 1. The molecular weight excluding hydrogens is 467 g/mol. The van der Waals surface area contributed by atoms with E-state index in [0.717, 1.165) is 5.56 Å². The minimum absolute atomic E-state index is 0.248. The van der Waals surface area contributed by atoms with Crippen LogP contribution in [0.3, 0.4) is 0 Å². The molecule has 4 rings (SSSR count). The molecule has 0 unspecified atom stereocenters. The molecule has 34 heavy (non-hydrogen) atoms. The Hall–Kier alpha value is -3.01. The number of carbonyl (C=O) groups excluding carboxylic acids is 1. The zero-order chi connectivity index (χ0) is 24.8. The van der Waals surface area contributed by atoms with Gasteiger partial charge < -0.3 is 19.4 Å². The first-order chi connectivity index (χ1) is 15.9. The number of hydrogen-bond donors (Lipinski definition) is 1. The van der Waals surface area contributed by atoms with Crippen molar-refractivity contribution >= 4 is 33.2 Å². The molecule has 1 aliphatic heterocycles. The fraction of sp³-hybridized carbons (Fsp3) is 0.417. The van der Waals surface area contributed by atoms with E-state index >= 15 is 0 Å². The van der Waals surface area contributed by atoms with Crippen LogP contribution in [0.4, 0.5) is 13.2 Å². The number of thiazole rings is 1. The van der Waals surface area contributed by atoms with E-state index in [9.17, 15) is 18.0 Å². The number of esters is 1. The number of ether oxygens (including phenoxy) is 2. The third-order valence-electron chi connectivity index (χ3n) is 5.63. The van der Waals surface area contributed by atoms with Crippen molar-refractivity contribution in [1.82, 2.24) is 14.9 Å². The summed E-state index contributed by atoms with van der Waals surface area (Å²) in [5.74, 6) is 0.127. The van der Waals surface area contributed by atoms with Crippen molar-refractivity contribution in [3.8, 4) is 5.75 Å². The maximum atomic E-state index is 13.6. The molecule has 0 saturated heterocycles. The minimum atomic E-state index is -4.57. The van der Waals surface area contributed by atoms with Gasteiger partial charge in [-0.15, -0.1) is 0 Å². The zero-order valence-electron chi connectivity index (χ0n) is 19.5. The lowest BCUT2D eigenvalue weighted by atomic mass is 9.83. The number of hydrogen-bond acceptors (Lipinski definition) is 6. The van der Waals surface area contributed by atoms with Crippen LogP contribution in [0.2, 0.25) is 0 Å². The summed E-state index contributed by atoms with van der Waals surface area (Å²) in [5, 5.41) is 2.23. The van der Waals surface area contributed by atoms with Crippen LogP contribution in [-0.4, -0.2) is 35.3 Å². The SMILES string of the molecule is COc1ccc(Cn2c3c(c4nc(C(F)(F)F)sc42)C(C)(C)CNC=C3C(=O)OC(C)C)cc1. The van der Waals surface area contributed by atoms with Crippen LogP contribution in [0.5, 0.6) is 5.75 Å². The smallest absolute Gasteiger partial charge is 0.443 e. The van der Waals surface area contributed by atoms with Crippen LogP contribution in [-0.2, 0) is 27.7 Å². The van der Waals surface area contributed by atoms with Crippen LogP contribution in [0.15, 0.2) is 30.5 Å². The third-order valence-corrected chi connectivity index (χ3v) is 6.75. The topological polar surface area (TPSA) is 65.4 Å². The predicted octanol–water partition coefficient (Wildman–Crippen LogP) is 5.35. The van der Waals surface area contributed by atoms with Crippen molar-refractivity contribution in [2.24, 2.45) is 0 Å². The Morgan fingerprint density at radius 2 is 1.94 bits per heavy atom. The third kappa shape index (κ3) is 4.38. The van der Waals surface area contributed by atoms with Gasteiger partial charge in [-0.3, -0.25) is 0 Å². The van der Waals surface area contributed by atoms with E-state index in [2.05, 4.69) is 10.3 Å². The maximum absolute atomic E-state index is 13.6. The number of fused-ring (bicyclic) bond motifs is 3. The Morgan fingerprint density at radius 1 is 1.26 bits per heavy atom. The van der Waals surface area contributed by atoms with E-state index in [-0.39, 0.29) is 23.7 Å². The number of nitrogens with one attached hydrogen (secondary N) is 1. The van der Waals surface area contributed by atoms with Gasteiger partial charge in [0.2, 0.25) is 5.01 Å². The lowest BCUT2D eigenvalue weighted by molar-refractivity contribution is -0.140. The lowest BCUT2D eigenvalue weighted by Gasteiger charge is -2.24. The molecule has 1 aliphatic rings. The van der Waals surface area contributed by atoms with Crippen LogP contribution < -0.4 is 10.1 Å². The first-order valence-electron chi connectivity index (χ1n) is 10.8. The summed E-state index contributed by atoms with van der Waals surface area (Å²) >= 11 is 0.589. The molecule has 10 heteroatoms. The van der Waals surface area contributed by atoms with E-state index in [0.29, 0.717) is 39.7 Å². The van der Waals surface area contributed by atoms with Crippen LogP contribution in [0.25, 0.3) is 15.9 Å². The van der Waals surface area contributed by atoms with Gasteiger partial charge in [-0.2, -0.15) is 13.2 Å². The first-order valence-corrected chi connectivity index (χ1v) is 11.6. The second kappa shape index (κ2) is 8.65. The molecule has 1 N–H and O–H groups in total. The van der Waals surface area contributed by atoms with E-state index < -0.39 is 22.6 Å². The predicted molar refractivity (Wildman–Crippen MR) is 125 cm³/mol. The molecule has 0 aliphatic carbocycles. The molecule has 0 bridgehead atoms. The molecular formula is C24H26F3N3O3S. The molecule has 0 atom stereocenters. The van der Waals surface area contributed by atoms with Gasteiger partial charge in [0, 0.05) is 30.3 Å². The summed E-state index contributed by atoms with van der Waals surface area (Å²) in [5.41, 5.74) is 1.89. The van der Waals surface area contributed by atoms with Crippen molar-refractivity contribution in [1.29, 1.82) is 0 Å². The number of methoxy groups -OCH3 is 1. The number of benzene rings is 1. The maximum Gasteiger partial charge on any atom is 0.443 e. The van der Waals surface area contributed by atoms with Gasteiger partial charge in [-0.25, -0.2) is 9.78 Å². The highest BCUT2D eigenvalue weighted by molar-refractivity contribution is 7.18. The largest absolute Gasteiger partial charge is 0.497 e. The molecule has 6 nitrogen and oxygen atoms in total. The minimum Gasteiger partial charge on any atom is -0.497 e. The number of rotatable bonds is 5. The van der Waals surface area contributed by atoms with Gasteiger partial charge in [0.25, 0.3) is 0 Å². The quantitative estimate of drug-likeness (QED) is 0.486. The van der Waals surface area contributed by atoms with Crippen LogP contribution in [0, 0.1) is 0 Å². The van der Waals surface area contributed by atoms with Crippen molar-refractivity contribution in [3.05, 3.63) is 52.3 Å². The lowest BCUT2D eigenvalue weighted by Crippen LogP contribution is -2.29. The summed E-state index contributed by atoms with van der Waals surface area (Å²) in [6.07, 6.45) is -3.32. The van der Waals surface area contributed by atoms with Crippen molar-refractivity contribution < 1.29 is 27.4 Å². The summed E-state index contributed by atoms with van der Waals surface area (Å²) in [7, 11) is 1.56. The van der Waals surface area contributed by atoms with E-state index in [1.165, 1.54) is 0 Å². The first kappa shape index (κ1) is 24.1. The highest BCUT2D eigenvalue weighted by atomic mass is 32.1. The van der Waals surface area contributed by atoms with E-state index in [1.807, 2.05) is 26.0 Å². The summed E-state index contributed by atoms with van der Waals surface area (Å²) in [6, 6.07) is 7.27. The van der Waals surface area contributed by atoms with Crippen molar-refractivity contribution in [3.63, 3.8) is 0 Å². The summed E-state index contributed by atoms with van der Waals surface area (Å²) in [6.45, 7) is 8.01. The van der Waals surface area contributed by atoms with Crippen LogP contribution in [0.1, 0.15) is 49.5 Å². The summed E-state index contributed by atoms with van der Waals surface area (Å²) < 4.78 is 53.3. The Kier molecular flexibility index (Phi) is 6.14. The zero-order valence-corrected chi connectivity index (χ0v) is 20.4. The molecule has 0 amide bonds. The summed E-state index contributed by atoms with van der Waals surface area (Å²) in [4.78, 5) is 17.5. The van der Waals surface area contributed by atoms with Crippen LogP contribution >= 0.6 is 11.3 Å². The number of aromatic nitrogens is 2. The van der Waals surface area contributed by atoms with Gasteiger partial charge in [0.05, 0.1) is 24.5 Å². The van der Waals surface area contributed by atoms with Gasteiger partial charge >= 0.3 is 12.1 Å². The highest BCUT2D eigenvalue weighted by Crippen LogP contribution is 2.45. The second-order valence-corrected chi connectivity index (χ2v) is 10.1.